The molecule has 29 heavy (non-hydrogen) atoms. The minimum absolute atomic E-state index is 0.0280. The average molecular weight is 413 g/mol. The summed E-state index contributed by atoms with van der Waals surface area (Å²) in [5, 5.41) is 10.9. The molecule has 1 aliphatic rings. The molecule has 1 aliphatic heterocycles. The highest BCUT2D eigenvalue weighted by molar-refractivity contribution is 7.91. The number of aryl methyl sites for hydroxylation is 1. The summed E-state index contributed by atoms with van der Waals surface area (Å²) in [7, 11) is -1.19. The fourth-order valence-corrected chi connectivity index (χ4v) is 5.81. The fraction of sp³-hybridized carbons (Fsp3) is 0.318. The number of phenolic OH excluding ortho intramolecular Hbond substituents is 1. The number of rotatable bonds is 4. The van der Waals surface area contributed by atoms with Gasteiger partial charge < -0.3 is 9.52 Å². The highest BCUT2D eigenvalue weighted by Crippen LogP contribution is 2.32. The fourth-order valence-electron chi connectivity index (χ4n) is 4.00. The Bertz CT molecular complexity index is 1230. The topological polar surface area (TPSA) is 87.8 Å². The zero-order chi connectivity index (χ0) is 20.8. The second-order valence-electron chi connectivity index (χ2n) is 7.64. The smallest absolute Gasteiger partial charge is 0.200 e. The summed E-state index contributed by atoms with van der Waals surface area (Å²) in [5.74, 6) is 0.792. The Morgan fingerprint density at radius 3 is 2.55 bits per heavy atom. The Labute approximate surface area is 169 Å². The van der Waals surface area contributed by atoms with Gasteiger partial charge >= 0.3 is 0 Å². The van der Waals surface area contributed by atoms with E-state index in [0.717, 1.165) is 5.56 Å². The third-order valence-corrected chi connectivity index (χ3v) is 7.37. The molecule has 0 bridgehead atoms. The summed E-state index contributed by atoms with van der Waals surface area (Å²) in [4.78, 5) is 15.1. The van der Waals surface area contributed by atoms with Gasteiger partial charge in [0.05, 0.1) is 28.0 Å². The predicted octanol–water partition coefficient (Wildman–Crippen LogP) is 3.09. The number of phenols is 1. The lowest BCUT2D eigenvalue weighted by atomic mass is 10.0. The molecule has 1 fully saturated rings. The van der Waals surface area contributed by atoms with Crippen LogP contribution in [-0.4, -0.2) is 43.0 Å². The van der Waals surface area contributed by atoms with Gasteiger partial charge in [0.2, 0.25) is 5.43 Å². The quantitative estimate of drug-likeness (QED) is 0.707. The first-order valence-corrected chi connectivity index (χ1v) is 11.3. The monoisotopic (exact) mass is 413 g/mol. The molecular weight excluding hydrogens is 390 g/mol. The lowest BCUT2D eigenvalue weighted by Crippen LogP contribution is -2.32. The second kappa shape index (κ2) is 7.31. The summed E-state index contributed by atoms with van der Waals surface area (Å²) in [6.07, 6.45) is 0.561. The van der Waals surface area contributed by atoms with Crippen LogP contribution in [-0.2, 0) is 16.4 Å². The summed E-state index contributed by atoms with van der Waals surface area (Å²) < 4.78 is 29.6. The molecule has 1 unspecified atom stereocenters. The molecule has 0 amide bonds. The van der Waals surface area contributed by atoms with Crippen LogP contribution in [0, 0.1) is 6.92 Å². The van der Waals surface area contributed by atoms with Crippen LogP contribution >= 0.6 is 0 Å². The first-order chi connectivity index (χ1) is 13.8. The Morgan fingerprint density at radius 1 is 1.17 bits per heavy atom. The molecule has 152 valence electrons. The molecule has 1 saturated heterocycles. The molecule has 2 heterocycles. The number of nitrogens with zero attached hydrogens (tertiary/aromatic N) is 1. The maximum atomic E-state index is 13.2. The van der Waals surface area contributed by atoms with Crippen molar-refractivity contribution in [1.29, 1.82) is 0 Å². The van der Waals surface area contributed by atoms with Gasteiger partial charge in [0.1, 0.15) is 17.1 Å². The Hall–Kier alpha value is -2.64. The summed E-state index contributed by atoms with van der Waals surface area (Å²) in [5.41, 5.74) is 1.98. The molecule has 3 aromatic rings. The third kappa shape index (κ3) is 3.68. The van der Waals surface area contributed by atoms with Gasteiger partial charge in [-0.15, -0.1) is 0 Å². The van der Waals surface area contributed by atoms with Gasteiger partial charge in [0, 0.05) is 12.6 Å². The molecule has 4 rings (SSSR count). The number of benzene rings is 2. The largest absolute Gasteiger partial charge is 0.507 e. The molecule has 0 spiro atoms. The molecule has 0 aliphatic carbocycles. The van der Waals surface area contributed by atoms with Crippen LogP contribution in [0.5, 0.6) is 5.75 Å². The SMILES string of the molecule is Cc1oc2c(CN(C)C3CCS(=O)(=O)C3)c(O)ccc2c(=O)c1-c1ccccc1. The normalized spacial score (nSPS) is 18.5. The van der Waals surface area contributed by atoms with Crippen molar-refractivity contribution in [1.82, 2.24) is 4.90 Å². The van der Waals surface area contributed by atoms with E-state index in [0.29, 0.717) is 34.3 Å². The number of sulfone groups is 1. The van der Waals surface area contributed by atoms with Crippen molar-refractivity contribution in [2.45, 2.75) is 25.9 Å². The van der Waals surface area contributed by atoms with Crippen LogP contribution in [0.25, 0.3) is 22.1 Å². The Kier molecular flexibility index (Phi) is 4.96. The van der Waals surface area contributed by atoms with Crippen molar-refractivity contribution < 1.29 is 17.9 Å². The molecular formula is C22H23NO5S. The maximum absolute atomic E-state index is 13.2. The first kappa shape index (κ1) is 19.7. The standard InChI is InChI=1S/C22H23NO5S/c1-14-20(15-6-4-3-5-7-15)21(25)17-8-9-19(24)18(22(17)28-14)12-23(2)16-10-11-29(26,27)13-16/h3-9,16,24H,10-13H2,1-2H3. The van der Waals surface area contributed by atoms with Gasteiger partial charge in [-0.25, -0.2) is 8.42 Å². The van der Waals surface area contributed by atoms with Crippen LogP contribution in [0.2, 0.25) is 0 Å². The highest BCUT2D eigenvalue weighted by Gasteiger charge is 2.31. The van der Waals surface area contributed by atoms with Crippen LogP contribution in [0.15, 0.2) is 51.7 Å². The predicted molar refractivity (Wildman–Crippen MR) is 113 cm³/mol. The Morgan fingerprint density at radius 2 is 1.90 bits per heavy atom. The van der Waals surface area contributed by atoms with E-state index in [4.69, 9.17) is 4.42 Å². The molecule has 1 aromatic heterocycles. The van der Waals surface area contributed by atoms with Gasteiger partial charge in [0.25, 0.3) is 0 Å². The molecule has 7 heteroatoms. The molecule has 0 radical (unpaired) electrons. The number of aromatic hydroxyl groups is 1. The van der Waals surface area contributed by atoms with E-state index in [1.54, 1.807) is 13.0 Å². The van der Waals surface area contributed by atoms with Crippen molar-refractivity contribution in [3.63, 3.8) is 0 Å². The molecule has 1 N–H and O–H groups in total. The van der Waals surface area contributed by atoms with Gasteiger partial charge in [-0.05, 0) is 38.1 Å². The van der Waals surface area contributed by atoms with Crippen molar-refractivity contribution in [3.05, 3.63) is 64.0 Å². The first-order valence-electron chi connectivity index (χ1n) is 9.51. The lowest BCUT2D eigenvalue weighted by molar-refractivity contribution is 0.250. The van der Waals surface area contributed by atoms with E-state index >= 15 is 0 Å². The summed E-state index contributed by atoms with van der Waals surface area (Å²) in [6, 6.07) is 12.3. The average Bonchev–Trinajstić information content (AvgIpc) is 3.05. The van der Waals surface area contributed by atoms with E-state index in [9.17, 15) is 18.3 Å². The summed E-state index contributed by atoms with van der Waals surface area (Å²) in [6.45, 7) is 2.03. The molecule has 6 nitrogen and oxygen atoms in total. The van der Waals surface area contributed by atoms with Crippen molar-refractivity contribution >= 4 is 20.8 Å². The molecule has 2 aromatic carbocycles. The van der Waals surface area contributed by atoms with E-state index in [2.05, 4.69) is 0 Å². The van der Waals surface area contributed by atoms with E-state index in [1.165, 1.54) is 6.07 Å². The number of hydrogen-bond donors (Lipinski definition) is 1. The van der Waals surface area contributed by atoms with Crippen LogP contribution in [0.3, 0.4) is 0 Å². The zero-order valence-electron chi connectivity index (χ0n) is 16.4. The van der Waals surface area contributed by atoms with Gasteiger partial charge in [0.15, 0.2) is 9.84 Å². The van der Waals surface area contributed by atoms with Crippen LogP contribution in [0.1, 0.15) is 17.7 Å². The van der Waals surface area contributed by atoms with Crippen molar-refractivity contribution in [3.8, 4) is 16.9 Å². The van der Waals surface area contributed by atoms with E-state index < -0.39 is 9.84 Å². The highest BCUT2D eigenvalue weighted by atomic mass is 32.2. The zero-order valence-corrected chi connectivity index (χ0v) is 17.2. The minimum Gasteiger partial charge on any atom is -0.507 e. The van der Waals surface area contributed by atoms with E-state index in [-0.39, 0.29) is 35.3 Å². The van der Waals surface area contributed by atoms with Crippen LogP contribution < -0.4 is 5.43 Å². The van der Waals surface area contributed by atoms with Crippen molar-refractivity contribution in [2.24, 2.45) is 0 Å². The molecule has 0 saturated carbocycles. The van der Waals surface area contributed by atoms with Gasteiger partial charge in [-0.1, -0.05) is 30.3 Å². The number of fused-ring (bicyclic) bond motifs is 1. The second-order valence-corrected chi connectivity index (χ2v) is 9.87. The lowest BCUT2D eigenvalue weighted by Gasteiger charge is -2.24. The molecule has 1 atom stereocenters. The van der Waals surface area contributed by atoms with Gasteiger partial charge in [-0.3, -0.25) is 9.69 Å². The summed E-state index contributed by atoms with van der Waals surface area (Å²) >= 11 is 0. The maximum Gasteiger partial charge on any atom is 0.200 e. The minimum atomic E-state index is -3.01. The van der Waals surface area contributed by atoms with E-state index in [1.807, 2.05) is 42.3 Å². The Balaban J connectivity index is 1.79. The van der Waals surface area contributed by atoms with Gasteiger partial charge in [-0.2, -0.15) is 0 Å². The van der Waals surface area contributed by atoms with Crippen molar-refractivity contribution in [2.75, 3.05) is 18.6 Å². The third-order valence-electron chi connectivity index (χ3n) is 5.62. The van der Waals surface area contributed by atoms with Crippen LogP contribution in [0.4, 0.5) is 0 Å². The number of hydrogen-bond acceptors (Lipinski definition) is 6.